The van der Waals surface area contributed by atoms with Crippen LogP contribution in [0.15, 0.2) is 18.2 Å². The lowest BCUT2D eigenvalue weighted by Gasteiger charge is -2.43. The van der Waals surface area contributed by atoms with Gasteiger partial charge in [-0.1, -0.05) is 13.8 Å². The van der Waals surface area contributed by atoms with Gasteiger partial charge in [0.1, 0.15) is 17.0 Å². The molecule has 1 heterocycles. The van der Waals surface area contributed by atoms with Crippen molar-refractivity contribution >= 4 is 17.4 Å². The third-order valence-electron chi connectivity index (χ3n) is 7.05. The zero-order valence-corrected chi connectivity index (χ0v) is 14.6. The van der Waals surface area contributed by atoms with Crippen LogP contribution in [0.5, 0.6) is 0 Å². The van der Waals surface area contributed by atoms with Gasteiger partial charge in [-0.2, -0.15) is 0 Å². The Balaban J connectivity index is 1.82. The van der Waals surface area contributed by atoms with Gasteiger partial charge in [-0.15, -0.1) is 0 Å². The monoisotopic (exact) mass is 329 g/mol. The van der Waals surface area contributed by atoms with Gasteiger partial charge in [0.15, 0.2) is 0 Å². The van der Waals surface area contributed by atoms with Crippen molar-refractivity contribution < 1.29 is 14.0 Å². The highest BCUT2D eigenvalue weighted by molar-refractivity contribution is 6.15. The SMILES string of the molecule is C[C@@H]1CCc2cc(F)ccc2N1C(=O)[C@@]12CC[C@H](CC1=O)C2(C)C. The Kier molecular flexibility index (Phi) is 3.23. The van der Waals surface area contributed by atoms with E-state index in [1.165, 1.54) is 12.1 Å². The topological polar surface area (TPSA) is 37.4 Å². The smallest absolute Gasteiger partial charge is 0.241 e. The first-order valence-corrected chi connectivity index (χ1v) is 8.94. The molecule has 2 fully saturated rings. The first kappa shape index (κ1) is 15.8. The van der Waals surface area contributed by atoms with E-state index in [-0.39, 0.29) is 29.0 Å². The van der Waals surface area contributed by atoms with Gasteiger partial charge in [0.05, 0.1) is 0 Å². The molecule has 4 heteroatoms. The Morgan fingerprint density at radius 2 is 2.04 bits per heavy atom. The number of aryl methyl sites for hydroxylation is 1. The predicted octanol–water partition coefficient (Wildman–Crippen LogP) is 3.89. The minimum atomic E-state index is -0.894. The molecular formula is C20H24FNO2. The van der Waals surface area contributed by atoms with Crippen LogP contribution in [0.4, 0.5) is 10.1 Å². The number of nitrogens with zero attached hydrogens (tertiary/aromatic N) is 1. The van der Waals surface area contributed by atoms with Crippen molar-refractivity contribution in [1.82, 2.24) is 0 Å². The molecule has 0 spiro atoms. The summed E-state index contributed by atoms with van der Waals surface area (Å²) in [5.41, 5.74) is 0.470. The lowest BCUT2D eigenvalue weighted by molar-refractivity contribution is -0.143. The number of fused-ring (bicyclic) bond motifs is 3. The Labute approximate surface area is 142 Å². The maximum atomic E-state index is 13.7. The molecule has 3 nitrogen and oxygen atoms in total. The second-order valence-corrected chi connectivity index (χ2v) is 8.33. The van der Waals surface area contributed by atoms with Crippen molar-refractivity contribution in [3.05, 3.63) is 29.6 Å². The van der Waals surface area contributed by atoms with Crippen molar-refractivity contribution in [1.29, 1.82) is 0 Å². The van der Waals surface area contributed by atoms with Crippen molar-refractivity contribution in [2.24, 2.45) is 16.7 Å². The summed E-state index contributed by atoms with van der Waals surface area (Å²) < 4.78 is 13.6. The maximum Gasteiger partial charge on any atom is 0.241 e. The van der Waals surface area contributed by atoms with Crippen LogP contribution in [0.3, 0.4) is 0 Å². The Morgan fingerprint density at radius 3 is 2.67 bits per heavy atom. The Bertz CT molecular complexity index is 741. The van der Waals surface area contributed by atoms with Gasteiger partial charge in [0.2, 0.25) is 5.91 Å². The molecule has 0 radical (unpaired) electrons. The fourth-order valence-electron chi connectivity index (χ4n) is 5.41. The number of amides is 1. The summed E-state index contributed by atoms with van der Waals surface area (Å²) >= 11 is 0. The van der Waals surface area contributed by atoms with Gasteiger partial charge < -0.3 is 4.90 Å². The van der Waals surface area contributed by atoms with Crippen molar-refractivity contribution in [3.8, 4) is 0 Å². The summed E-state index contributed by atoms with van der Waals surface area (Å²) in [6.07, 6.45) is 3.70. The number of ketones is 1. The highest BCUT2D eigenvalue weighted by atomic mass is 19.1. The molecule has 2 saturated carbocycles. The molecule has 0 unspecified atom stereocenters. The molecule has 0 aromatic heterocycles. The minimum Gasteiger partial charge on any atom is -0.308 e. The molecule has 24 heavy (non-hydrogen) atoms. The molecule has 2 bridgehead atoms. The van der Waals surface area contributed by atoms with Gasteiger partial charge in [-0.05, 0) is 67.7 Å². The lowest BCUT2D eigenvalue weighted by atomic mass is 9.67. The van der Waals surface area contributed by atoms with Crippen LogP contribution in [-0.2, 0) is 16.0 Å². The van der Waals surface area contributed by atoms with E-state index in [9.17, 15) is 14.0 Å². The molecule has 0 saturated heterocycles. The van der Waals surface area contributed by atoms with Gasteiger partial charge in [0, 0.05) is 18.2 Å². The van der Waals surface area contributed by atoms with Crippen molar-refractivity contribution in [2.45, 2.75) is 58.9 Å². The highest BCUT2D eigenvalue weighted by Gasteiger charge is 2.69. The van der Waals surface area contributed by atoms with E-state index in [0.717, 1.165) is 30.5 Å². The van der Waals surface area contributed by atoms with Gasteiger partial charge in [0.25, 0.3) is 0 Å². The van der Waals surface area contributed by atoms with Crippen molar-refractivity contribution in [3.63, 3.8) is 0 Å². The van der Waals surface area contributed by atoms with E-state index in [1.54, 1.807) is 11.0 Å². The number of carbonyl (C=O) groups is 2. The summed E-state index contributed by atoms with van der Waals surface area (Å²) in [7, 11) is 0. The molecule has 1 amide bonds. The first-order chi connectivity index (χ1) is 11.3. The summed E-state index contributed by atoms with van der Waals surface area (Å²) in [5.74, 6) is 0.0848. The lowest BCUT2D eigenvalue weighted by Crippen LogP contribution is -2.55. The van der Waals surface area contributed by atoms with E-state index >= 15 is 0 Å². The molecule has 1 aliphatic heterocycles. The van der Waals surface area contributed by atoms with Crippen LogP contribution in [0.1, 0.15) is 52.0 Å². The van der Waals surface area contributed by atoms with Crippen LogP contribution >= 0.6 is 0 Å². The minimum absolute atomic E-state index is 0.0353. The number of rotatable bonds is 1. The van der Waals surface area contributed by atoms with E-state index in [0.29, 0.717) is 18.8 Å². The van der Waals surface area contributed by atoms with Gasteiger partial charge in [-0.3, -0.25) is 9.59 Å². The third-order valence-corrected chi connectivity index (χ3v) is 7.05. The second kappa shape index (κ2) is 4.90. The van der Waals surface area contributed by atoms with Crippen LogP contribution in [0.25, 0.3) is 0 Å². The molecule has 4 rings (SSSR count). The number of benzene rings is 1. The third kappa shape index (κ3) is 1.77. The number of carbonyl (C=O) groups excluding carboxylic acids is 2. The quantitative estimate of drug-likeness (QED) is 0.733. The first-order valence-electron chi connectivity index (χ1n) is 8.94. The molecule has 0 N–H and O–H groups in total. The molecule has 1 aromatic rings. The van der Waals surface area contributed by atoms with Crippen molar-refractivity contribution in [2.75, 3.05) is 4.90 Å². The number of Topliss-reactive ketones (excluding diaryl/α,β-unsaturated/α-hetero) is 1. The highest BCUT2D eigenvalue weighted by Crippen LogP contribution is 2.64. The normalized spacial score (nSPS) is 33.7. The van der Waals surface area contributed by atoms with Crippen LogP contribution in [0.2, 0.25) is 0 Å². The average Bonchev–Trinajstić information content (AvgIpc) is 2.89. The van der Waals surface area contributed by atoms with E-state index in [2.05, 4.69) is 13.8 Å². The standard InChI is InChI=1S/C20H24FNO2/c1-12-4-5-13-10-15(21)6-7-16(13)22(12)18(24)20-9-8-14(11-17(20)23)19(20,2)3/h6-7,10,12,14H,4-5,8-9,11H2,1-3H3/t12-,14-,20-/m1/s1. The number of hydrogen-bond donors (Lipinski definition) is 0. The zero-order chi connectivity index (χ0) is 17.3. The van der Waals surface area contributed by atoms with Crippen LogP contribution in [-0.4, -0.2) is 17.7 Å². The molecule has 1 aromatic carbocycles. The van der Waals surface area contributed by atoms with Gasteiger partial charge in [-0.25, -0.2) is 4.39 Å². The second-order valence-electron chi connectivity index (χ2n) is 8.33. The zero-order valence-electron chi connectivity index (χ0n) is 14.6. The van der Waals surface area contributed by atoms with E-state index in [1.807, 2.05) is 6.92 Å². The molecule has 3 aliphatic rings. The molecule has 128 valence electrons. The molecular weight excluding hydrogens is 305 g/mol. The molecule has 3 atom stereocenters. The maximum absolute atomic E-state index is 13.7. The fourth-order valence-corrected chi connectivity index (χ4v) is 5.41. The summed E-state index contributed by atoms with van der Waals surface area (Å²) in [6.45, 7) is 6.18. The molecule has 2 aliphatic carbocycles. The number of anilines is 1. The average molecular weight is 329 g/mol. The largest absolute Gasteiger partial charge is 0.308 e. The van der Waals surface area contributed by atoms with E-state index in [4.69, 9.17) is 0 Å². The number of halogens is 1. The Morgan fingerprint density at radius 1 is 1.29 bits per heavy atom. The van der Waals surface area contributed by atoms with E-state index < -0.39 is 5.41 Å². The summed E-state index contributed by atoms with van der Waals surface area (Å²) in [6, 6.07) is 4.67. The Hall–Kier alpha value is -1.71. The predicted molar refractivity (Wildman–Crippen MR) is 90.2 cm³/mol. The van der Waals surface area contributed by atoms with Crippen LogP contribution in [0, 0.1) is 22.6 Å². The van der Waals surface area contributed by atoms with Gasteiger partial charge >= 0.3 is 0 Å². The summed E-state index contributed by atoms with van der Waals surface area (Å²) in [4.78, 5) is 28.3. The fraction of sp³-hybridized carbons (Fsp3) is 0.600. The number of hydrogen-bond acceptors (Lipinski definition) is 2. The van der Waals surface area contributed by atoms with Crippen LogP contribution < -0.4 is 4.90 Å². The summed E-state index contributed by atoms with van der Waals surface area (Å²) in [5, 5.41) is 0.